The van der Waals surface area contributed by atoms with Crippen LogP contribution in [-0.4, -0.2) is 9.85 Å². The summed E-state index contributed by atoms with van der Waals surface area (Å²) in [6, 6.07) is 2.33. The van der Waals surface area contributed by atoms with Gasteiger partial charge >= 0.3 is 0 Å². The van der Waals surface area contributed by atoms with Gasteiger partial charge in [-0.25, -0.2) is 0 Å². The van der Waals surface area contributed by atoms with Gasteiger partial charge < -0.3 is 5.11 Å². The topological polar surface area (TPSA) is 20.2 Å². The van der Waals surface area contributed by atoms with Crippen LogP contribution in [0.15, 0.2) is 11.0 Å². The molecule has 1 aromatic carbocycles. The van der Waals surface area contributed by atoms with Gasteiger partial charge in [-0.3, -0.25) is 0 Å². The van der Waals surface area contributed by atoms with E-state index in [0.717, 1.165) is 37.5 Å². The highest BCUT2D eigenvalue weighted by molar-refractivity contribution is 8.01. The molecule has 2 heteroatoms. The maximum atomic E-state index is 11.0. The molecule has 0 saturated carbocycles. The number of aryl methyl sites for hydroxylation is 1. The van der Waals surface area contributed by atoms with E-state index >= 15 is 0 Å². The van der Waals surface area contributed by atoms with Gasteiger partial charge in [-0.15, -0.1) is 11.8 Å². The van der Waals surface area contributed by atoms with Gasteiger partial charge in [0.15, 0.2) is 0 Å². The van der Waals surface area contributed by atoms with Crippen LogP contribution in [-0.2, 0) is 19.3 Å². The van der Waals surface area contributed by atoms with E-state index in [4.69, 9.17) is 0 Å². The molecule has 0 fully saturated rings. The van der Waals surface area contributed by atoms with E-state index in [9.17, 15) is 5.11 Å². The van der Waals surface area contributed by atoms with E-state index < -0.39 is 0 Å². The van der Waals surface area contributed by atoms with Gasteiger partial charge in [-0.2, -0.15) is 0 Å². The van der Waals surface area contributed by atoms with Crippen molar-refractivity contribution < 1.29 is 5.11 Å². The van der Waals surface area contributed by atoms with Crippen molar-refractivity contribution in [2.24, 2.45) is 11.8 Å². The number of hydrogen-bond acceptors (Lipinski definition) is 2. The SMILES string of the molecule is CCCCc1cc2c(c(CCCC)c1O)CC(C)(CCCC(C)CCCC(C)C)S2. The fourth-order valence-electron chi connectivity index (χ4n) is 4.92. The predicted octanol–water partition coefficient (Wildman–Crippen LogP) is 9.12. The third-order valence-corrected chi connectivity index (χ3v) is 8.35. The first-order valence-electron chi connectivity index (χ1n) is 12.8. The fraction of sp³-hybridized carbons (Fsp3) is 0.786. The van der Waals surface area contributed by atoms with Crippen LogP contribution in [0.25, 0.3) is 0 Å². The van der Waals surface area contributed by atoms with Gasteiger partial charge in [0.2, 0.25) is 0 Å². The molecule has 0 amide bonds. The van der Waals surface area contributed by atoms with E-state index in [1.165, 1.54) is 79.4 Å². The quantitative estimate of drug-likeness (QED) is 0.316. The normalized spacial score (nSPS) is 19.4. The van der Waals surface area contributed by atoms with Crippen LogP contribution in [0.2, 0.25) is 0 Å². The summed E-state index contributed by atoms with van der Waals surface area (Å²) in [6.07, 6.45) is 16.0. The summed E-state index contributed by atoms with van der Waals surface area (Å²) < 4.78 is 0.302. The Bertz CT molecular complexity index is 651. The number of benzene rings is 1. The molecule has 0 aliphatic carbocycles. The van der Waals surface area contributed by atoms with Crippen molar-refractivity contribution in [1.82, 2.24) is 0 Å². The number of phenols is 1. The van der Waals surface area contributed by atoms with Gasteiger partial charge in [0.25, 0.3) is 0 Å². The van der Waals surface area contributed by atoms with Gasteiger partial charge in [0, 0.05) is 9.64 Å². The summed E-state index contributed by atoms with van der Waals surface area (Å²) in [4.78, 5) is 1.47. The van der Waals surface area contributed by atoms with Crippen LogP contribution in [0.3, 0.4) is 0 Å². The minimum absolute atomic E-state index is 0.302. The average molecular weight is 433 g/mol. The third kappa shape index (κ3) is 7.50. The Hall–Kier alpha value is -0.630. The third-order valence-electron chi connectivity index (χ3n) is 6.93. The molecule has 0 aromatic heterocycles. The Morgan fingerprint density at radius 2 is 1.63 bits per heavy atom. The Labute approximate surface area is 191 Å². The molecule has 2 unspecified atom stereocenters. The standard InChI is InChI=1S/C28H48OS/c1-7-9-16-23-19-26-25(24(27(23)29)17-10-8-2)20-28(6,30-26)18-12-15-22(5)14-11-13-21(3)4/h19,21-22,29H,7-18,20H2,1-6H3. The zero-order valence-corrected chi connectivity index (χ0v) is 21.6. The lowest BCUT2D eigenvalue weighted by Gasteiger charge is -2.23. The minimum atomic E-state index is 0.302. The molecule has 172 valence electrons. The lowest BCUT2D eigenvalue weighted by molar-refractivity contribution is 0.410. The van der Waals surface area contributed by atoms with Gasteiger partial charge in [-0.1, -0.05) is 79.6 Å². The van der Waals surface area contributed by atoms with Gasteiger partial charge in [0.05, 0.1) is 0 Å². The van der Waals surface area contributed by atoms with E-state index in [1.807, 2.05) is 0 Å². The molecule has 30 heavy (non-hydrogen) atoms. The summed E-state index contributed by atoms with van der Waals surface area (Å²) in [6.45, 7) is 14.1. The zero-order chi connectivity index (χ0) is 22.1. The highest BCUT2D eigenvalue weighted by Crippen LogP contribution is 2.51. The first kappa shape index (κ1) is 25.6. The number of phenolic OH excluding ortho intramolecular Hbond substituents is 1. The summed E-state index contributed by atoms with van der Waals surface area (Å²) in [5.74, 6) is 2.32. The van der Waals surface area contributed by atoms with Crippen LogP contribution in [0, 0.1) is 11.8 Å². The molecular formula is C28H48OS. The molecule has 0 saturated heterocycles. The van der Waals surface area contributed by atoms with Crippen molar-refractivity contribution in [3.63, 3.8) is 0 Å². The van der Waals surface area contributed by atoms with Crippen molar-refractivity contribution in [3.05, 3.63) is 22.8 Å². The summed E-state index contributed by atoms with van der Waals surface area (Å²) in [5.41, 5.74) is 3.94. The molecule has 2 rings (SSSR count). The van der Waals surface area contributed by atoms with Crippen LogP contribution >= 0.6 is 11.8 Å². The molecule has 0 bridgehead atoms. The van der Waals surface area contributed by atoms with Crippen molar-refractivity contribution in [1.29, 1.82) is 0 Å². The second-order valence-corrected chi connectivity index (χ2v) is 12.2. The molecule has 0 radical (unpaired) electrons. The van der Waals surface area contributed by atoms with E-state index in [1.54, 1.807) is 0 Å². The lowest BCUT2D eigenvalue weighted by atomic mass is 9.87. The first-order valence-corrected chi connectivity index (χ1v) is 13.7. The van der Waals surface area contributed by atoms with Crippen molar-refractivity contribution in [2.45, 2.75) is 135 Å². The second-order valence-electron chi connectivity index (χ2n) is 10.6. The highest BCUT2D eigenvalue weighted by Gasteiger charge is 2.36. The van der Waals surface area contributed by atoms with E-state index in [-0.39, 0.29) is 0 Å². The maximum absolute atomic E-state index is 11.0. The number of thioether (sulfide) groups is 1. The Morgan fingerprint density at radius 3 is 2.30 bits per heavy atom. The van der Waals surface area contributed by atoms with Crippen LogP contribution in [0.1, 0.15) is 122 Å². The lowest BCUT2D eigenvalue weighted by Crippen LogP contribution is -2.19. The van der Waals surface area contributed by atoms with Crippen molar-refractivity contribution >= 4 is 11.8 Å². The van der Waals surface area contributed by atoms with Crippen LogP contribution < -0.4 is 0 Å². The number of aromatic hydroxyl groups is 1. The Morgan fingerprint density at radius 1 is 0.967 bits per heavy atom. The smallest absolute Gasteiger partial charge is 0.122 e. The van der Waals surface area contributed by atoms with Gasteiger partial charge in [-0.05, 0) is 80.0 Å². The Kier molecular flexibility index (Phi) is 10.6. The summed E-state index contributed by atoms with van der Waals surface area (Å²) >= 11 is 2.10. The van der Waals surface area contributed by atoms with E-state index in [2.05, 4.69) is 59.4 Å². The van der Waals surface area contributed by atoms with E-state index in [0.29, 0.717) is 10.5 Å². The molecule has 1 heterocycles. The molecule has 2 atom stereocenters. The average Bonchev–Trinajstić information content (AvgIpc) is 3.01. The summed E-state index contributed by atoms with van der Waals surface area (Å²) in [5, 5.41) is 11.0. The Balaban J connectivity index is 2.00. The maximum Gasteiger partial charge on any atom is 0.122 e. The first-order chi connectivity index (χ1) is 14.3. The molecule has 1 aliphatic rings. The molecule has 1 nitrogen and oxygen atoms in total. The molecule has 1 aromatic rings. The largest absolute Gasteiger partial charge is 0.507 e. The number of rotatable bonds is 14. The van der Waals surface area contributed by atoms with Crippen molar-refractivity contribution in [3.8, 4) is 5.75 Å². The number of unbranched alkanes of at least 4 members (excludes halogenated alkanes) is 2. The highest BCUT2D eigenvalue weighted by atomic mass is 32.2. The summed E-state index contributed by atoms with van der Waals surface area (Å²) in [7, 11) is 0. The second kappa shape index (κ2) is 12.4. The molecule has 0 spiro atoms. The molecule has 1 aliphatic heterocycles. The number of hydrogen-bond donors (Lipinski definition) is 1. The van der Waals surface area contributed by atoms with Crippen LogP contribution in [0.4, 0.5) is 0 Å². The fourth-order valence-corrected chi connectivity index (χ4v) is 6.44. The minimum Gasteiger partial charge on any atom is -0.507 e. The van der Waals surface area contributed by atoms with Crippen molar-refractivity contribution in [2.75, 3.05) is 0 Å². The van der Waals surface area contributed by atoms with Gasteiger partial charge in [0.1, 0.15) is 5.75 Å². The number of fused-ring (bicyclic) bond motifs is 1. The molecular weight excluding hydrogens is 384 g/mol. The predicted molar refractivity (Wildman–Crippen MR) is 135 cm³/mol. The monoisotopic (exact) mass is 432 g/mol. The molecule has 1 N–H and O–H groups in total. The zero-order valence-electron chi connectivity index (χ0n) is 20.8. The van der Waals surface area contributed by atoms with Crippen LogP contribution in [0.5, 0.6) is 5.75 Å².